The van der Waals surface area contributed by atoms with Gasteiger partial charge >= 0.3 is 5.69 Å². The number of imidazole rings is 1. The van der Waals surface area contributed by atoms with Gasteiger partial charge in [0.15, 0.2) is 5.75 Å². The molecule has 0 aliphatic carbocycles. The predicted molar refractivity (Wildman–Crippen MR) is 118 cm³/mol. The van der Waals surface area contributed by atoms with Gasteiger partial charge in [-0.25, -0.2) is 9.78 Å². The molecule has 2 N–H and O–H groups in total. The SMILES string of the molecule is O=C(NC[C@H]1OC[C@@H]2CCN(C(=O)c3[nH]c(=O)n4c3CCCC4)C[C@H]21)c1ccnc2c1OCO2. The van der Waals surface area contributed by atoms with Crippen molar-refractivity contribution in [2.45, 2.75) is 38.3 Å². The minimum absolute atomic E-state index is 0.0440. The van der Waals surface area contributed by atoms with Gasteiger partial charge in [-0.05, 0) is 37.7 Å². The largest absolute Gasteiger partial charge is 0.451 e. The first-order valence-electron chi connectivity index (χ1n) is 11.9. The Labute approximate surface area is 195 Å². The van der Waals surface area contributed by atoms with E-state index in [1.807, 2.05) is 4.90 Å². The van der Waals surface area contributed by atoms with Crippen molar-refractivity contribution in [1.82, 2.24) is 24.8 Å². The molecule has 2 fully saturated rings. The molecule has 4 aliphatic heterocycles. The van der Waals surface area contributed by atoms with Gasteiger partial charge in [-0.3, -0.25) is 14.2 Å². The molecule has 2 saturated heterocycles. The molecule has 11 nitrogen and oxygen atoms in total. The fourth-order valence-corrected chi connectivity index (χ4v) is 5.60. The standard InChI is InChI=1S/C23H27N5O6/c29-20(14-4-6-24-21-19(14)33-12-34-21)25-9-17-15-10-27(8-5-13(15)11-32-17)22(30)18-16-3-1-2-7-28(16)23(31)26-18/h4,6,13,15,17H,1-3,5,7-12H2,(H,25,29)(H,26,31)/t13-,15+,17+/m0/s1. The van der Waals surface area contributed by atoms with E-state index >= 15 is 0 Å². The highest BCUT2D eigenvalue weighted by atomic mass is 16.7. The molecule has 0 radical (unpaired) electrons. The van der Waals surface area contributed by atoms with Crippen molar-refractivity contribution in [3.05, 3.63) is 39.7 Å². The summed E-state index contributed by atoms with van der Waals surface area (Å²) in [5.74, 6) is 0.728. The van der Waals surface area contributed by atoms with E-state index in [1.165, 1.54) is 6.20 Å². The number of amides is 2. The first-order valence-corrected chi connectivity index (χ1v) is 11.9. The third-order valence-electron chi connectivity index (χ3n) is 7.43. The van der Waals surface area contributed by atoms with E-state index in [4.69, 9.17) is 14.2 Å². The molecule has 0 spiro atoms. The van der Waals surface area contributed by atoms with Gasteiger partial charge in [-0.2, -0.15) is 0 Å². The Bertz CT molecular complexity index is 1190. The number of nitrogens with zero attached hydrogens (tertiary/aromatic N) is 3. The second-order valence-electron chi connectivity index (χ2n) is 9.31. The van der Waals surface area contributed by atoms with Crippen molar-refractivity contribution in [2.75, 3.05) is 33.0 Å². The predicted octanol–water partition coefficient (Wildman–Crippen LogP) is 0.544. The zero-order chi connectivity index (χ0) is 23.2. The zero-order valence-corrected chi connectivity index (χ0v) is 18.7. The fraction of sp³-hybridized carbons (Fsp3) is 0.565. The van der Waals surface area contributed by atoms with E-state index < -0.39 is 0 Å². The summed E-state index contributed by atoms with van der Waals surface area (Å²) >= 11 is 0. The van der Waals surface area contributed by atoms with Gasteiger partial charge in [0.1, 0.15) is 5.69 Å². The molecule has 6 rings (SSSR count). The van der Waals surface area contributed by atoms with E-state index in [0.717, 1.165) is 31.4 Å². The smallest absolute Gasteiger partial charge is 0.326 e. The Morgan fingerprint density at radius 2 is 2.15 bits per heavy atom. The monoisotopic (exact) mass is 469 g/mol. The maximum Gasteiger partial charge on any atom is 0.326 e. The number of carbonyl (C=O) groups excluding carboxylic acids is 2. The molecule has 2 aromatic heterocycles. The number of aromatic amines is 1. The third-order valence-corrected chi connectivity index (χ3v) is 7.43. The molecular formula is C23H27N5O6. The van der Waals surface area contributed by atoms with Crippen LogP contribution in [-0.2, 0) is 17.7 Å². The number of rotatable bonds is 4. The minimum Gasteiger partial charge on any atom is -0.451 e. The van der Waals surface area contributed by atoms with Crippen molar-refractivity contribution in [3.63, 3.8) is 0 Å². The zero-order valence-electron chi connectivity index (χ0n) is 18.7. The lowest BCUT2D eigenvalue weighted by Crippen LogP contribution is -2.47. The lowest BCUT2D eigenvalue weighted by molar-refractivity contribution is 0.0534. The quantitative estimate of drug-likeness (QED) is 0.669. The number of hydrogen-bond acceptors (Lipinski definition) is 7. The average Bonchev–Trinajstić information content (AvgIpc) is 3.59. The lowest BCUT2D eigenvalue weighted by atomic mass is 9.84. The number of nitrogens with one attached hydrogen (secondary N) is 2. The van der Waals surface area contributed by atoms with Crippen LogP contribution in [0.2, 0.25) is 0 Å². The maximum absolute atomic E-state index is 13.3. The van der Waals surface area contributed by atoms with Gasteiger partial charge in [0, 0.05) is 38.3 Å². The number of carbonyl (C=O) groups is 2. The molecule has 0 aromatic carbocycles. The Morgan fingerprint density at radius 3 is 3.06 bits per heavy atom. The highest BCUT2D eigenvalue weighted by Gasteiger charge is 2.43. The Balaban J connectivity index is 1.13. The minimum atomic E-state index is -0.280. The first kappa shape index (κ1) is 21.2. The Morgan fingerprint density at radius 1 is 1.24 bits per heavy atom. The number of fused-ring (bicyclic) bond motifs is 3. The second kappa shape index (κ2) is 8.46. The number of piperidine rings is 1. The summed E-state index contributed by atoms with van der Waals surface area (Å²) in [5.41, 5.74) is 1.43. The average molecular weight is 469 g/mol. The Kier molecular flexibility index (Phi) is 5.28. The topological polar surface area (TPSA) is 128 Å². The molecule has 0 saturated carbocycles. The van der Waals surface area contributed by atoms with Crippen LogP contribution in [0.3, 0.4) is 0 Å². The molecule has 0 unspecified atom stereocenters. The molecule has 180 valence electrons. The van der Waals surface area contributed by atoms with Crippen LogP contribution in [0.4, 0.5) is 0 Å². The van der Waals surface area contributed by atoms with Gasteiger partial charge in [-0.15, -0.1) is 0 Å². The highest BCUT2D eigenvalue weighted by Crippen LogP contribution is 2.35. The van der Waals surface area contributed by atoms with E-state index in [0.29, 0.717) is 61.6 Å². The van der Waals surface area contributed by atoms with Crippen molar-refractivity contribution in [2.24, 2.45) is 11.8 Å². The molecule has 34 heavy (non-hydrogen) atoms. The van der Waals surface area contributed by atoms with Crippen molar-refractivity contribution < 1.29 is 23.8 Å². The number of pyridine rings is 1. The summed E-state index contributed by atoms with van der Waals surface area (Å²) in [4.78, 5) is 47.1. The van der Waals surface area contributed by atoms with Crippen LogP contribution in [0.25, 0.3) is 0 Å². The van der Waals surface area contributed by atoms with Crippen LogP contribution in [0.1, 0.15) is 45.8 Å². The molecule has 2 aromatic rings. The van der Waals surface area contributed by atoms with Crippen LogP contribution in [0, 0.1) is 11.8 Å². The summed E-state index contributed by atoms with van der Waals surface area (Å²) < 4.78 is 18.4. The Hall–Kier alpha value is -3.34. The molecule has 11 heteroatoms. The van der Waals surface area contributed by atoms with Crippen LogP contribution in [0.5, 0.6) is 11.6 Å². The fourth-order valence-electron chi connectivity index (χ4n) is 5.60. The molecule has 6 heterocycles. The van der Waals surface area contributed by atoms with Crippen LogP contribution in [-0.4, -0.2) is 70.4 Å². The summed E-state index contributed by atoms with van der Waals surface area (Å²) in [5, 5.41) is 2.94. The number of hydrogen-bond donors (Lipinski definition) is 2. The van der Waals surface area contributed by atoms with E-state index in [9.17, 15) is 14.4 Å². The molecule has 3 atom stereocenters. The normalized spacial score (nSPS) is 25.1. The molecular weight excluding hydrogens is 442 g/mol. The first-order chi connectivity index (χ1) is 16.6. The van der Waals surface area contributed by atoms with Crippen molar-refractivity contribution in [3.8, 4) is 11.6 Å². The third kappa shape index (κ3) is 3.54. The number of likely N-dealkylation sites (tertiary alicyclic amines) is 1. The number of aromatic nitrogens is 3. The lowest BCUT2D eigenvalue weighted by Gasteiger charge is -2.36. The van der Waals surface area contributed by atoms with Gasteiger partial charge in [0.2, 0.25) is 6.79 Å². The van der Waals surface area contributed by atoms with Crippen LogP contribution < -0.4 is 20.5 Å². The summed E-state index contributed by atoms with van der Waals surface area (Å²) in [6, 6.07) is 1.60. The number of H-pyrrole nitrogens is 1. The summed E-state index contributed by atoms with van der Waals surface area (Å²) in [6.45, 7) is 2.83. The van der Waals surface area contributed by atoms with E-state index in [1.54, 1.807) is 10.6 Å². The van der Waals surface area contributed by atoms with E-state index in [-0.39, 0.29) is 36.3 Å². The maximum atomic E-state index is 13.3. The van der Waals surface area contributed by atoms with Crippen LogP contribution >= 0.6 is 0 Å². The van der Waals surface area contributed by atoms with Crippen molar-refractivity contribution >= 4 is 11.8 Å². The molecule has 4 aliphatic rings. The molecule has 0 bridgehead atoms. The van der Waals surface area contributed by atoms with Gasteiger partial charge in [0.25, 0.3) is 17.7 Å². The highest BCUT2D eigenvalue weighted by molar-refractivity contribution is 5.97. The summed E-state index contributed by atoms with van der Waals surface area (Å²) in [7, 11) is 0. The number of ether oxygens (including phenoxy) is 3. The summed E-state index contributed by atoms with van der Waals surface area (Å²) in [6.07, 6.45) is 4.83. The second-order valence-corrected chi connectivity index (χ2v) is 9.31. The van der Waals surface area contributed by atoms with Gasteiger partial charge in [0.05, 0.1) is 24.0 Å². The molecule has 2 amide bonds. The van der Waals surface area contributed by atoms with Crippen molar-refractivity contribution in [1.29, 1.82) is 0 Å². The van der Waals surface area contributed by atoms with Crippen LogP contribution in [0.15, 0.2) is 17.1 Å². The van der Waals surface area contributed by atoms with Gasteiger partial charge < -0.3 is 29.4 Å². The van der Waals surface area contributed by atoms with E-state index in [2.05, 4.69) is 15.3 Å². The van der Waals surface area contributed by atoms with Gasteiger partial charge in [-0.1, -0.05) is 0 Å².